The van der Waals surface area contributed by atoms with Gasteiger partial charge in [0.1, 0.15) is 6.61 Å². The van der Waals surface area contributed by atoms with E-state index in [0.717, 1.165) is 0 Å². The molecule has 3 atom stereocenters. The zero-order chi connectivity index (χ0) is 12.4. The number of aliphatic hydroxyl groups excluding tert-OH is 1. The van der Waals surface area contributed by atoms with Crippen LogP contribution in [0, 0.1) is 11.8 Å². The van der Waals surface area contributed by atoms with Gasteiger partial charge in [0.25, 0.3) is 5.92 Å². The van der Waals surface area contributed by atoms with Crippen molar-refractivity contribution in [2.24, 2.45) is 17.6 Å². The van der Waals surface area contributed by atoms with Gasteiger partial charge in [0.15, 0.2) is 0 Å². The maximum absolute atomic E-state index is 13.3. The summed E-state index contributed by atoms with van der Waals surface area (Å²) < 4.78 is 26.7. The molecule has 1 rings (SSSR count). The molecule has 3 N–H and O–H groups in total. The molecule has 0 aliphatic heterocycles. The van der Waals surface area contributed by atoms with Gasteiger partial charge in [-0.2, -0.15) is 0 Å². The van der Waals surface area contributed by atoms with Gasteiger partial charge < -0.3 is 10.8 Å². The molecule has 1 aliphatic rings. The van der Waals surface area contributed by atoms with E-state index in [1.54, 1.807) is 6.92 Å². The average molecular weight is 239 g/mol. The quantitative estimate of drug-likeness (QED) is 0.394. The van der Waals surface area contributed by atoms with Crippen LogP contribution in [0.3, 0.4) is 0 Å². The first-order valence-corrected chi connectivity index (χ1v) is 5.38. The van der Waals surface area contributed by atoms with Crippen molar-refractivity contribution in [1.82, 2.24) is 0 Å². The van der Waals surface area contributed by atoms with Crippen LogP contribution in [-0.4, -0.2) is 36.4 Å². The van der Waals surface area contributed by atoms with Gasteiger partial charge in [-0.3, -0.25) is 0 Å². The van der Waals surface area contributed by atoms with Crippen LogP contribution in [0.2, 0.25) is 0 Å². The minimum atomic E-state index is -3.27. The summed E-state index contributed by atoms with van der Waals surface area (Å²) in [7, 11) is 0. The Morgan fingerprint density at radius 3 is 2.56 bits per heavy atom. The summed E-state index contributed by atoms with van der Waals surface area (Å²) in [6.45, 7) is 2.51. The van der Waals surface area contributed by atoms with Gasteiger partial charge in [-0.25, -0.2) is 18.6 Å². The number of hydrogen-bond donors (Lipinski definition) is 2. The molecule has 0 aromatic rings. The Kier molecular flexibility index (Phi) is 4.23. The number of alkyl halides is 2. The zero-order valence-corrected chi connectivity index (χ0v) is 9.58. The van der Waals surface area contributed by atoms with Crippen molar-refractivity contribution in [3.63, 3.8) is 0 Å². The van der Waals surface area contributed by atoms with Gasteiger partial charge in [-0.15, -0.1) is 0 Å². The van der Waals surface area contributed by atoms with Gasteiger partial charge >= 0.3 is 0 Å². The largest absolute Gasteiger partial charge is 0.390 e. The molecule has 0 saturated heterocycles. The molecular weight excluding hydrogens is 220 g/mol. The van der Waals surface area contributed by atoms with Gasteiger partial charge in [0, 0.05) is 0 Å². The highest BCUT2D eigenvalue weighted by Crippen LogP contribution is 2.50. The molecule has 4 nitrogen and oxygen atoms in total. The predicted molar refractivity (Wildman–Crippen MR) is 53.8 cm³/mol. The lowest BCUT2D eigenvalue weighted by atomic mass is 9.88. The summed E-state index contributed by atoms with van der Waals surface area (Å²) in [6.07, 6.45) is 0.579. The standard InChI is InChI=1S/C10H19F2NO3/c1-3-15-16-5-7-4-8(7)9(2,13)10(11,12)6-14/h7-8,14H,3-6,13H2,1-2H3/t7-,8+,9+/m0/s1. The summed E-state index contributed by atoms with van der Waals surface area (Å²) in [4.78, 5) is 9.50. The van der Waals surface area contributed by atoms with Crippen molar-refractivity contribution in [1.29, 1.82) is 0 Å². The molecule has 1 fully saturated rings. The van der Waals surface area contributed by atoms with Gasteiger partial charge in [-0.1, -0.05) is 0 Å². The molecule has 0 aromatic carbocycles. The van der Waals surface area contributed by atoms with Gasteiger partial charge in [-0.05, 0) is 32.1 Å². The van der Waals surface area contributed by atoms with Crippen LogP contribution >= 0.6 is 0 Å². The normalized spacial score (nSPS) is 28.9. The van der Waals surface area contributed by atoms with Crippen molar-refractivity contribution in [3.05, 3.63) is 0 Å². The van der Waals surface area contributed by atoms with E-state index in [2.05, 4.69) is 4.89 Å². The van der Waals surface area contributed by atoms with E-state index in [4.69, 9.17) is 15.7 Å². The minimum absolute atomic E-state index is 0.0148. The van der Waals surface area contributed by atoms with E-state index < -0.39 is 18.1 Å². The van der Waals surface area contributed by atoms with Crippen LogP contribution in [0.4, 0.5) is 8.78 Å². The first kappa shape index (κ1) is 13.8. The number of rotatable bonds is 7. The Balaban J connectivity index is 2.42. The Morgan fingerprint density at radius 1 is 1.44 bits per heavy atom. The lowest BCUT2D eigenvalue weighted by Crippen LogP contribution is -2.57. The second-order valence-corrected chi connectivity index (χ2v) is 4.44. The van der Waals surface area contributed by atoms with Crippen LogP contribution in [0.25, 0.3) is 0 Å². The van der Waals surface area contributed by atoms with E-state index in [9.17, 15) is 8.78 Å². The van der Waals surface area contributed by atoms with Crippen LogP contribution < -0.4 is 5.73 Å². The Hall–Kier alpha value is -0.300. The number of hydrogen-bond acceptors (Lipinski definition) is 4. The first-order chi connectivity index (χ1) is 7.36. The lowest BCUT2D eigenvalue weighted by Gasteiger charge is -2.33. The highest BCUT2D eigenvalue weighted by atomic mass is 19.3. The molecule has 0 amide bonds. The average Bonchev–Trinajstić information content (AvgIpc) is 2.98. The fourth-order valence-corrected chi connectivity index (χ4v) is 1.83. The smallest absolute Gasteiger partial charge is 0.288 e. The highest BCUT2D eigenvalue weighted by Gasteiger charge is 2.60. The second-order valence-electron chi connectivity index (χ2n) is 4.44. The third kappa shape index (κ3) is 2.68. The molecule has 0 radical (unpaired) electrons. The fourth-order valence-electron chi connectivity index (χ4n) is 1.83. The van der Waals surface area contributed by atoms with Crippen molar-refractivity contribution < 1.29 is 23.7 Å². The maximum Gasteiger partial charge on any atom is 0.288 e. The Labute approximate surface area is 93.6 Å². The topological polar surface area (TPSA) is 64.7 Å². The van der Waals surface area contributed by atoms with Gasteiger partial charge in [0.05, 0.1) is 18.8 Å². The fraction of sp³-hybridized carbons (Fsp3) is 1.00. The Bertz CT molecular complexity index is 236. The summed E-state index contributed by atoms with van der Waals surface area (Å²) in [5.74, 6) is -3.62. The van der Waals surface area contributed by atoms with Gasteiger partial charge in [0.2, 0.25) is 0 Å². The van der Waals surface area contributed by atoms with Crippen LogP contribution in [0.1, 0.15) is 20.3 Å². The molecule has 6 heteroatoms. The third-order valence-electron chi connectivity index (χ3n) is 3.16. The summed E-state index contributed by atoms with van der Waals surface area (Å²) in [5, 5.41) is 8.62. The number of halogens is 2. The van der Waals surface area contributed by atoms with Crippen LogP contribution in [0.5, 0.6) is 0 Å². The van der Waals surface area contributed by atoms with E-state index in [1.165, 1.54) is 6.92 Å². The van der Waals surface area contributed by atoms with E-state index in [-0.39, 0.29) is 18.4 Å². The third-order valence-corrected chi connectivity index (χ3v) is 3.16. The van der Waals surface area contributed by atoms with E-state index >= 15 is 0 Å². The van der Waals surface area contributed by atoms with Crippen LogP contribution in [0.15, 0.2) is 0 Å². The predicted octanol–water partition coefficient (Wildman–Crippen LogP) is 0.936. The minimum Gasteiger partial charge on any atom is -0.390 e. The lowest BCUT2D eigenvalue weighted by molar-refractivity contribution is -0.294. The van der Waals surface area contributed by atoms with Crippen molar-refractivity contribution >= 4 is 0 Å². The van der Waals surface area contributed by atoms with Crippen molar-refractivity contribution in [3.8, 4) is 0 Å². The SMILES string of the molecule is CCOOC[C@@H]1C[C@H]1[C@@](C)(N)C(F)(F)CO. The molecule has 1 saturated carbocycles. The zero-order valence-electron chi connectivity index (χ0n) is 9.58. The summed E-state index contributed by atoms with van der Waals surface area (Å²) in [5.41, 5.74) is 3.91. The number of nitrogens with two attached hydrogens (primary N) is 1. The molecule has 0 spiro atoms. The van der Waals surface area contributed by atoms with E-state index in [1.807, 2.05) is 0 Å². The molecule has 16 heavy (non-hydrogen) atoms. The highest BCUT2D eigenvalue weighted by molar-refractivity contribution is 5.08. The molecule has 0 heterocycles. The molecule has 96 valence electrons. The van der Waals surface area contributed by atoms with Crippen molar-refractivity contribution in [2.45, 2.75) is 31.7 Å². The molecule has 0 unspecified atom stereocenters. The monoisotopic (exact) mass is 239 g/mol. The van der Waals surface area contributed by atoms with Crippen molar-refractivity contribution in [2.75, 3.05) is 19.8 Å². The molecule has 0 aromatic heterocycles. The molecule has 0 bridgehead atoms. The van der Waals surface area contributed by atoms with Crippen LogP contribution in [-0.2, 0) is 9.78 Å². The molecule has 1 aliphatic carbocycles. The van der Waals surface area contributed by atoms with E-state index in [0.29, 0.717) is 13.0 Å². The number of aliphatic hydroxyl groups is 1. The summed E-state index contributed by atoms with van der Waals surface area (Å²) >= 11 is 0. The second kappa shape index (κ2) is 4.91. The first-order valence-electron chi connectivity index (χ1n) is 5.38. The summed E-state index contributed by atoms with van der Waals surface area (Å²) in [6, 6.07) is 0. The maximum atomic E-state index is 13.3. The molecular formula is C10H19F2NO3. The Morgan fingerprint density at radius 2 is 2.06 bits per heavy atom.